The number of pyridine rings is 1. The third kappa shape index (κ3) is 5.50. The fourth-order valence-corrected chi connectivity index (χ4v) is 4.28. The molecule has 0 saturated heterocycles. The third-order valence-electron chi connectivity index (χ3n) is 4.68. The predicted octanol–water partition coefficient (Wildman–Crippen LogP) is 3.25. The summed E-state index contributed by atoms with van der Waals surface area (Å²) in [4.78, 5) is 27.6. The lowest BCUT2D eigenvalue weighted by atomic mass is 9.99. The van der Waals surface area contributed by atoms with Gasteiger partial charge in [-0.05, 0) is 55.3 Å². The number of amides is 1. The second-order valence-corrected chi connectivity index (χ2v) is 8.15. The number of thioether (sulfide) groups is 1. The second-order valence-electron chi connectivity index (χ2n) is 7.05. The highest BCUT2D eigenvalue weighted by Gasteiger charge is 2.17. The van der Waals surface area contributed by atoms with E-state index in [2.05, 4.69) is 29.5 Å². The zero-order valence-corrected chi connectivity index (χ0v) is 17.5. The van der Waals surface area contributed by atoms with Gasteiger partial charge in [0.1, 0.15) is 0 Å². The summed E-state index contributed by atoms with van der Waals surface area (Å²) < 4.78 is 0. The summed E-state index contributed by atoms with van der Waals surface area (Å²) in [6.45, 7) is 5.91. The monoisotopic (exact) mass is 409 g/mol. The summed E-state index contributed by atoms with van der Waals surface area (Å²) in [7, 11) is 0. The van der Waals surface area contributed by atoms with Crippen molar-refractivity contribution in [1.29, 1.82) is 0 Å². The van der Waals surface area contributed by atoms with Crippen molar-refractivity contribution < 1.29 is 4.79 Å². The molecule has 27 heavy (non-hydrogen) atoms. The highest BCUT2D eigenvalue weighted by molar-refractivity contribution is 7.98. The summed E-state index contributed by atoms with van der Waals surface area (Å²) in [5, 5.41) is 7.38. The van der Waals surface area contributed by atoms with Crippen LogP contribution >= 0.6 is 24.2 Å². The van der Waals surface area contributed by atoms with Crippen LogP contribution in [-0.4, -0.2) is 35.8 Å². The maximum Gasteiger partial charge on any atom is 0.252 e. The third-order valence-corrected chi connectivity index (χ3v) is 5.66. The van der Waals surface area contributed by atoms with Crippen LogP contribution in [0.1, 0.15) is 48.2 Å². The number of carbonyl (C=O) groups is 1. The number of benzene rings is 1. The van der Waals surface area contributed by atoms with Crippen LogP contribution in [0.2, 0.25) is 0 Å². The van der Waals surface area contributed by atoms with E-state index in [0.717, 1.165) is 59.3 Å². The highest BCUT2D eigenvalue weighted by Crippen LogP contribution is 2.28. The van der Waals surface area contributed by atoms with Crippen LogP contribution in [0, 0.1) is 0 Å². The van der Waals surface area contributed by atoms with Gasteiger partial charge in [0.25, 0.3) is 11.5 Å². The van der Waals surface area contributed by atoms with E-state index in [1.165, 1.54) is 0 Å². The van der Waals surface area contributed by atoms with Crippen molar-refractivity contribution in [2.24, 2.45) is 0 Å². The van der Waals surface area contributed by atoms with Crippen LogP contribution in [-0.2, 0) is 12.2 Å². The predicted molar refractivity (Wildman–Crippen MR) is 116 cm³/mol. The van der Waals surface area contributed by atoms with Gasteiger partial charge >= 0.3 is 0 Å². The number of halogens is 1. The molecule has 0 fully saturated rings. The Balaban J connectivity index is 0.00000261. The molecule has 0 unspecified atom stereocenters. The molecule has 1 amide bonds. The molecule has 5 nitrogen and oxygen atoms in total. The molecule has 0 bridgehead atoms. The van der Waals surface area contributed by atoms with E-state index in [9.17, 15) is 9.59 Å². The van der Waals surface area contributed by atoms with Crippen molar-refractivity contribution in [3.8, 4) is 0 Å². The van der Waals surface area contributed by atoms with Crippen LogP contribution < -0.4 is 16.2 Å². The molecule has 0 saturated carbocycles. The fraction of sp³-hybridized carbons (Fsp3) is 0.500. The van der Waals surface area contributed by atoms with Gasteiger partial charge in [0.2, 0.25) is 0 Å². The molecule has 1 aliphatic rings. The molecule has 1 aromatic carbocycles. The largest absolute Gasteiger partial charge is 0.352 e. The molecular weight excluding hydrogens is 382 g/mol. The molecule has 3 N–H and O–H groups in total. The fourth-order valence-electron chi connectivity index (χ4n) is 3.27. The van der Waals surface area contributed by atoms with Crippen LogP contribution in [0.4, 0.5) is 0 Å². The summed E-state index contributed by atoms with van der Waals surface area (Å²) in [5.74, 6) is 1.72. The van der Waals surface area contributed by atoms with Gasteiger partial charge in [-0.2, -0.15) is 11.8 Å². The van der Waals surface area contributed by atoms with E-state index in [0.29, 0.717) is 18.2 Å². The molecule has 148 valence electrons. The number of hydrogen-bond donors (Lipinski definition) is 3. The first-order chi connectivity index (χ1) is 12.6. The Hall–Kier alpha value is -1.50. The molecule has 1 aromatic heterocycles. The Morgan fingerprint density at radius 3 is 2.78 bits per heavy atom. The van der Waals surface area contributed by atoms with Crippen LogP contribution in [0.15, 0.2) is 23.0 Å². The minimum Gasteiger partial charge on any atom is -0.352 e. The molecular formula is C20H28ClN3O2S. The summed E-state index contributed by atoms with van der Waals surface area (Å²) in [6.07, 6.45) is 2.88. The molecule has 0 spiro atoms. The van der Waals surface area contributed by atoms with E-state index in [1.54, 1.807) is 17.8 Å². The smallest absolute Gasteiger partial charge is 0.252 e. The van der Waals surface area contributed by atoms with Gasteiger partial charge in [0, 0.05) is 40.4 Å². The van der Waals surface area contributed by atoms with Crippen molar-refractivity contribution in [3.63, 3.8) is 0 Å². The number of nitrogens with one attached hydrogen (secondary N) is 3. The Morgan fingerprint density at radius 1 is 1.22 bits per heavy atom. The van der Waals surface area contributed by atoms with E-state index in [1.807, 2.05) is 12.1 Å². The van der Waals surface area contributed by atoms with Gasteiger partial charge in [0.15, 0.2) is 0 Å². The topological polar surface area (TPSA) is 74.0 Å². The van der Waals surface area contributed by atoms with Gasteiger partial charge in [-0.25, -0.2) is 0 Å². The zero-order chi connectivity index (χ0) is 18.5. The Morgan fingerprint density at radius 2 is 2.00 bits per heavy atom. The number of fused-ring (bicyclic) bond motifs is 3. The van der Waals surface area contributed by atoms with Crippen molar-refractivity contribution >= 4 is 41.0 Å². The number of rotatable bonds is 7. The molecule has 0 atom stereocenters. The molecule has 2 heterocycles. The number of aromatic amines is 1. The zero-order valence-electron chi connectivity index (χ0n) is 15.9. The van der Waals surface area contributed by atoms with E-state index >= 15 is 0 Å². The van der Waals surface area contributed by atoms with Gasteiger partial charge in [-0.15, -0.1) is 12.4 Å². The van der Waals surface area contributed by atoms with Crippen LogP contribution in [0.5, 0.6) is 0 Å². The number of carbonyl (C=O) groups excluding carboxylic acids is 1. The van der Waals surface area contributed by atoms with Crippen molar-refractivity contribution in [2.75, 3.05) is 18.8 Å². The molecule has 3 rings (SSSR count). The van der Waals surface area contributed by atoms with Gasteiger partial charge < -0.3 is 15.6 Å². The van der Waals surface area contributed by atoms with Gasteiger partial charge in [-0.3, -0.25) is 9.59 Å². The molecule has 7 heteroatoms. The normalized spacial score (nSPS) is 13.3. The first-order valence-electron chi connectivity index (χ1n) is 9.33. The number of aromatic nitrogens is 1. The average Bonchev–Trinajstić information content (AvgIpc) is 2.64. The van der Waals surface area contributed by atoms with Gasteiger partial charge in [0.05, 0.1) is 0 Å². The standard InChI is InChI=1S/C20H27N3O2S.ClH/c1-13(2)21-8-3-4-9-22-19(24)14-5-6-18-16(11-14)15-7-10-26-12-17(15)20(25)23-18;/h5-6,11,13,21H,3-4,7-10,12H2,1-2H3,(H,22,24)(H,23,25);1H. The first kappa shape index (κ1) is 21.8. The molecule has 0 radical (unpaired) electrons. The Bertz CT molecular complexity index is 851. The second kappa shape index (κ2) is 10.2. The summed E-state index contributed by atoms with van der Waals surface area (Å²) in [6, 6.07) is 6.06. The average molecular weight is 410 g/mol. The summed E-state index contributed by atoms with van der Waals surface area (Å²) in [5.41, 5.74) is 3.45. The highest BCUT2D eigenvalue weighted by atomic mass is 35.5. The van der Waals surface area contributed by atoms with E-state index < -0.39 is 0 Å². The molecule has 0 aliphatic carbocycles. The quantitative estimate of drug-likeness (QED) is 0.613. The number of H-pyrrole nitrogens is 1. The van der Waals surface area contributed by atoms with E-state index in [-0.39, 0.29) is 23.9 Å². The minimum absolute atomic E-state index is 0. The Kier molecular flexibility index (Phi) is 8.20. The Labute approximate surface area is 170 Å². The molecule has 2 aromatic rings. The lowest BCUT2D eigenvalue weighted by Crippen LogP contribution is -2.27. The van der Waals surface area contributed by atoms with Crippen molar-refractivity contribution in [3.05, 3.63) is 45.2 Å². The van der Waals surface area contributed by atoms with Crippen molar-refractivity contribution in [2.45, 2.75) is 44.9 Å². The number of hydrogen-bond acceptors (Lipinski definition) is 4. The SMILES string of the molecule is CC(C)NCCCCNC(=O)c1ccc2[nH]c(=O)c3c(c2c1)CCSC3.Cl. The lowest BCUT2D eigenvalue weighted by molar-refractivity contribution is 0.0953. The maximum absolute atomic E-state index is 12.5. The van der Waals surface area contributed by atoms with Crippen LogP contribution in [0.25, 0.3) is 10.9 Å². The lowest BCUT2D eigenvalue weighted by Gasteiger charge is -2.17. The van der Waals surface area contributed by atoms with E-state index in [4.69, 9.17) is 0 Å². The number of aryl methyl sites for hydroxylation is 1. The minimum atomic E-state index is -0.0474. The van der Waals surface area contributed by atoms with Gasteiger partial charge in [-0.1, -0.05) is 13.8 Å². The number of unbranched alkanes of at least 4 members (excludes halogenated alkanes) is 1. The summed E-state index contributed by atoms with van der Waals surface area (Å²) >= 11 is 1.79. The van der Waals surface area contributed by atoms with Crippen LogP contribution in [0.3, 0.4) is 0 Å². The van der Waals surface area contributed by atoms with Crippen molar-refractivity contribution in [1.82, 2.24) is 15.6 Å². The first-order valence-corrected chi connectivity index (χ1v) is 10.5. The maximum atomic E-state index is 12.5. The molecule has 1 aliphatic heterocycles.